The van der Waals surface area contributed by atoms with Crippen molar-refractivity contribution in [3.05, 3.63) is 35.9 Å². The molecule has 0 radical (unpaired) electrons. The Bertz CT molecular complexity index is 513. The quantitative estimate of drug-likeness (QED) is 0.770. The van der Waals surface area contributed by atoms with E-state index in [-0.39, 0.29) is 24.0 Å². The van der Waals surface area contributed by atoms with Gasteiger partial charge in [-0.2, -0.15) is 0 Å². The predicted molar refractivity (Wildman–Crippen MR) is 94.7 cm³/mol. The molecule has 3 rings (SSSR count). The molecule has 1 aromatic carbocycles. The first-order chi connectivity index (χ1) is 10.6. The molecule has 0 unspecified atom stereocenters. The molecule has 2 aliphatic rings. The molecule has 0 bridgehead atoms. The molecule has 1 saturated heterocycles. The van der Waals surface area contributed by atoms with E-state index in [0.29, 0.717) is 18.4 Å². The van der Waals surface area contributed by atoms with Crippen LogP contribution < -0.4 is 0 Å². The summed E-state index contributed by atoms with van der Waals surface area (Å²) >= 11 is 0. The van der Waals surface area contributed by atoms with E-state index in [9.17, 15) is 4.79 Å². The van der Waals surface area contributed by atoms with Gasteiger partial charge in [-0.3, -0.25) is 0 Å². The normalized spacial score (nSPS) is 21.9. The molecular formula is C19H28ClNO2. The third-order valence-electron chi connectivity index (χ3n) is 5.09. The van der Waals surface area contributed by atoms with Gasteiger partial charge in [0, 0.05) is 12.1 Å². The molecule has 4 heteroatoms. The topological polar surface area (TPSA) is 29.5 Å². The van der Waals surface area contributed by atoms with Crippen LogP contribution in [0.25, 0.3) is 0 Å². The number of hydrogen-bond acceptors (Lipinski definition) is 2. The van der Waals surface area contributed by atoms with E-state index in [1.807, 2.05) is 35.2 Å². The average molecular weight is 338 g/mol. The second kappa shape index (κ2) is 7.57. The van der Waals surface area contributed by atoms with Crippen molar-refractivity contribution in [3.8, 4) is 0 Å². The lowest BCUT2D eigenvalue weighted by Gasteiger charge is -2.40. The van der Waals surface area contributed by atoms with Crippen molar-refractivity contribution in [1.82, 2.24) is 4.90 Å². The molecule has 1 atom stereocenters. The van der Waals surface area contributed by atoms with Crippen LogP contribution in [0.2, 0.25) is 0 Å². The Morgan fingerprint density at radius 1 is 1.26 bits per heavy atom. The Labute approximate surface area is 145 Å². The third kappa shape index (κ3) is 4.41. The van der Waals surface area contributed by atoms with Crippen LogP contribution in [0.3, 0.4) is 0 Å². The van der Waals surface area contributed by atoms with E-state index in [1.54, 1.807) is 0 Å². The Balaban J connectivity index is 0.00000192. The highest BCUT2D eigenvalue weighted by Gasteiger charge is 2.53. The number of carbonyl (C=O) groups excluding carboxylic acids is 1. The van der Waals surface area contributed by atoms with Crippen LogP contribution >= 0.6 is 12.4 Å². The maximum absolute atomic E-state index is 12.6. The number of likely N-dealkylation sites (tertiary alicyclic amines) is 1. The first-order valence-corrected chi connectivity index (χ1v) is 8.57. The van der Waals surface area contributed by atoms with Crippen molar-refractivity contribution < 1.29 is 9.53 Å². The van der Waals surface area contributed by atoms with E-state index in [0.717, 1.165) is 31.4 Å². The first kappa shape index (κ1) is 18.1. The second-order valence-corrected chi connectivity index (χ2v) is 7.41. The molecule has 1 saturated carbocycles. The fraction of sp³-hybridized carbons (Fsp3) is 0.632. The van der Waals surface area contributed by atoms with Crippen LogP contribution in [-0.4, -0.2) is 23.1 Å². The molecule has 2 fully saturated rings. The number of carbonyl (C=O) groups is 1. The van der Waals surface area contributed by atoms with E-state index < -0.39 is 0 Å². The summed E-state index contributed by atoms with van der Waals surface area (Å²) in [6.45, 7) is 5.78. The Kier molecular flexibility index (Phi) is 5.96. The molecule has 23 heavy (non-hydrogen) atoms. The van der Waals surface area contributed by atoms with Gasteiger partial charge < -0.3 is 9.64 Å². The van der Waals surface area contributed by atoms with Crippen LogP contribution in [0.15, 0.2) is 30.3 Å². The molecule has 1 aliphatic carbocycles. The van der Waals surface area contributed by atoms with Crippen LogP contribution in [0, 0.1) is 11.8 Å². The van der Waals surface area contributed by atoms with Crippen LogP contribution in [0.4, 0.5) is 4.79 Å². The number of hydrogen-bond donors (Lipinski definition) is 0. The molecule has 1 spiro atoms. The fourth-order valence-corrected chi connectivity index (χ4v) is 3.74. The highest BCUT2D eigenvalue weighted by atomic mass is 35.5. The monoisotopic (exact) mass is 337 g/mol. The Morgan fingerprint density at radius 2 is 1.96 bits per heavy atom. The maximum Gasteiger partial charge on any atom is 0.410 e. The zero-order valence-electron chi connectivity index (χ0n) is 14.2. The van der Waals surface area contributed by atoms with Crippen molar-refractivity contribution in [2.24, 2.45) is 11.8 Å². The fourth-order valence-electron chi connectivity index (χ4n) is 3.74. The molecular weight excluding hydrogens is 310 g/mol. The summed E-state index contributed by atoms with van der Waals surface area (Å²) in [5.74, 6) is 1.33. The number of piperidine rings is 1. The van der Waals surface area contributed by atoms with E-state index in [2.05, 4.69) is 13.8 Å². The molecule has 0 N–H and O–H groups in total. The van der Waals surface area contributed by atoms with Gasteiger partial charge in [0.2, 0.25) is 0 Å². The van der Waals surface area contributed by atoms with Gasteiger partial charge in [0.1, 0.15) is 6.61 Å². The lowest BCUT2D eigenvalue weighted by atomic mass is 9.86. The summed E-state index contributed by atoms with van der Waals surface area (Å²) < 4.78 is 5.58. The Morgan fingerprint density at radius 3 is 2.57 bits per heavy atom. The van der Waals surface area contributed by atoms with Crippen LogP contribution in [0.5, 0.6) is 0 Å². The zero-order chi connectivity index (χ0) is 15.6. The van der Waals surface area contributed by atoms with Gasteiger partial charge in [0.25, 0.3) is 0 Å². The summed E-state index contributed by atoms with van der Waals surface area (Å²) in [5, 5.41) is 0. The third-order valence-corrected chi connectivity index (χ3v) is 5.09. The number of amides is 1. The minimum absolute atomic E-state index is 0. The number of benzene rings is 1. The highest BCUT2D eigenvalue weighted by Crippen LogP contribution is 2.50. The van der Waals surface area contributed by atoms with Gasteiger partial charge in [0.05, 0.1) is 0 Å². The van der Waals surface area contributed by atoms with Crippen molar-refractivity contribution in [2.45, 2.75) is 58.1 Å². The molecule has 3 nitrogen and oxygen atoms in total. The van der Waals surface area contributed by atoms with Crippen LogP contribution in [-0.2, 0) is 11.3 Å². The minimum atomic E-state index is -0.116. The summed E-state index contributed by atoms with van der Waals surface area (Å²) in [5.41, 5.74) is 1.19. The van der Waals surface area contributed by atoms with Gasteiger partial charge in [-0.15, -0.1) is 12.4 Å². The van der Waals surface area contributed by atoms with Gasteiger partial charge >= 0.3 is 6.09 Å². The summed E-state index contributed by atoms with van der Waals surface area (Å²) in [7, 11) is 0. The van der Waals surface area contributed by atoms with Gasteiger partial charge in [-0.25, -0.2) is 4.79 Å². The molecule has 128 valence electrons. The predicted octanol–water partition coefficient (Wildman–Crippen LogP) is 5.04. The van der Waals surface area contributed by atoms with E-state index >= 15 is 0 Å². The summed E-state index contributed by atoms with van der Waals surface area (Å²) in [6.07, 6.45) is 5.82. The SMILES string of the molecule is CC(C)C[C@H]1CCC2(CC2)N(C(=O)OCc2ccccc2)C1.Cl. The smallest absolute Gasteiger partial charge is 0.410 e. The number of nitrogens with zero attached hydrogens (tertiary/aromatic N) is 1. The molecule has 1 aromatic rings. The average Bonchev–Trinajstić information content (AvgIpc) is 3.28. The second-order valence-electron chi connectivity index (χ2n) is 7.41. The minimum Gasteiger partial charge on any atom is -0.445 e. The highest BCUT2D eigenvalue weighted by molar-refractivity contribution is 5.85. The van der Waals surface area contributed by atoms with E-state index in [4.69, 9.17) is 4.74 Å². The number of rotatable bonds is 4. The largest absolute Gasteiger partial charge is 0.445 e. The van der Waals surface area contributed by atoms with Gasteiger partial charge in [0.15, 0.2) is 0 Å². The van der Waals surface area contributed by atoms with Crippen molar-refractivity contribution in [1.29, 1.82) is 0 Å². The maximum atomic E-state index is 12.6. The van der Waals surface area contributed by atoms with Gasteiger partial charge in [-0.1, -0.05) is 44.2 Å². The molecule has 0 aromatic heterocycles. The van der Waals surface area contributed by atoms with Crippen molar-refractivity contribution in [3.63, 3.8) is 0 Å². The first-order valence-electron chi connectivity index (χ1n) is 8.57. The standard InChI is InChI=1S/C19H27NO2.ClH/c1-15(2)12-17-8-9-19(10-11-19)20(13-17)18(21)22-14-16-6-4-3-5-7-16;/h3-7,15,17H,8-14H2,1-2H3;1H/t17-;/m1./s1. The number of ether oxygens (including phenoxy) is 1. The summed E-state index contributed by atoms with van der Waals surface area (Å²) in [4.78, 5) is 14.6. The van der Waals surface area contributed by atoms with Gasteiger partial charge in [-0.05, 0) is 49.5 Å². The Hall–Kier alpha value is -1.22. The molecule has 1 heterocycles. The molecule has 1 amide bonds. The van der Waals surface area contributed by atoms with Crippen LogP contribution in [0.1, 0.15) is 51.5 Å². The molecule has 1 aliphatic heterocycles. The van der Waals surface area contributed by atoms with Crippen molar-refractivity contribution >= 4 is 18.5 Å². The number of halogens is 1. The lowest BCUT2D eigenvalue weighted by Crippen LogP contribution is -2.49. The van der Waals surface area contributed by atoms with E-state index in [1.165, 1.54) is 12.8 Å². The van der Waals surface area contributed by atoms with Crippen molar-refractivity contribution in [2.75, 3.05) is 6.54 Å². The zero-order valence-corrected chi connectivity index (χ0v) is 15.0. The lowest BCUT2D eigenvalue weighted by molar-refractivity contribution is 0.0430. The summed E-state index contributed by atoms with van der Waals surface area (Å²) in [6, 6.07) is 9.93.